The summed E-state index contributed by atoms with van der Waals surface area (Å²) in [5.74, 6) is 1.48. The number of ether oxygens (including phenoxy) is 3. The third-order valence-electron chi connectivity index (χ3n) is 5.28. The Bertz CT molecular complexity index is 795. The SMILES string of the molecule is CCOc1cccc(C2Nc3ccc(F)cc3[C@H]3OCCC[C@@H]23)c1OC. The number of fused-ring (bicyclic) bond motifs is 3. The highest BCUT2D eigenvalue weighted by molar-refractivity contribution is 5.59. The van der Waals surface area contributed by atoms with Crippen molar-refractivity contribution in [2.75, 3.05) is 25.6 Å². The highest BCUT2D eigenvalue weighted by Crippen LogP contribution is 2.51. The lowest BCUT2D eigenvalue weighted by Gasteiger charge is -2.43. The standard InChI is InChI=1S/C21H24FNO3/c1-3-25-18-8-4-6-15(21(18)24-2)19-14-7-5-11-26-20(14)16-12-13(22)9-10-17(16)23-19/h4,6,8-10,12,14,19-20,23H,3,5,7,11H2,1-2H3/t14-,19?,20-/m0/s1. The van der Waals surface area contributed by atoms with E-state index in [1.165, 1.54) is 6.07 Å². The molecule has 1 unspecified atom stereocenters. The van der Waals surface area contributed by atoms with Gasteiger partial charge in [0.05, 0.1) is 25.9 Å². The predicted molar refractivity (Wildman–Crippen MR) is 98.3 cm³/mol. The molecule has 2 aromatic carbocycles. The van der Waals surface area contributed by atoms with Gasteiger partial charge >= 0.3 is 0 Å². The molecule has 3 atom stereocenters. The van der Waals surface area contributed by atoms with Crippen LogP contribution in [0.15, 0.2) is 36.4 Å². The topological polar surface area (TPSA) is 39.7 Å². The van der Waals surface area contributed by atoms with Crippen LogP contribution in [0, 0.1) is 11.7 Å². The summed E-state index contributed by atoms with van der Waals surface area (Å²) in [6.07, 6.45) is 1.90. The van der Waals surface area contributed by atoms with Gasteiger partial charge in [-0.15, -0.1) is 0 Å². The Balaban J connectivity index is 1.79. The lowest BCUT2D eigenvalue weighted by Crippen LogP contribution is -2.36. The molecule has 0 radical (unpaired) electrons. The van der Waals surface area contributed by atoms with Crippen LogP contribution in [0.1, 0.15) is 43.0 Å². The third kappa shape index (κ3) is 2.90. The number of para-hydroxylation sites is 1. The van der Waals surface area contributed by atoms with Crippen molar-refractivity contribution in [3.63, 3.8) is 0 Å². The summed E-state index contributed by atoms with van der Waals surface area (Å²) in [5.41, 5.74) is 2.88. The summed E-state index contributed by atoms with van der Waals surface area (Å²) in [6.45, 7) is 3.25. The van der Waals surface area contributed by atoms with Crippen LogP contribution in [0.2, 0.25) is 0 Å². The maximum Gasteiger partial charge on any atom is 0.165 e. The fourth-order valence-electron chi connectivity index (χ4n) is 4.21. The van der Waals surface area contributed by atoms with E-state index in [0.717, 1.165) is 41.2 Å². The quantitative estimate of drug-likeness (QED) is 0.848. The number of nitrogens with one attached hydrogen (secondary N) is 1. The molecule has 0 saturated carbocycles. The summed E-state index contributed by atoms with van der Waals surface area (Å²) in [4.78, 5) is 0. The molecular formula is C21H24FNO3. The fourth-order valence-corrected chi connectivity index (χ4v) is 4.21. The van der Waals surface area contributed by atoms with Gasteiger partial charge in [0.25, 0.3) is 0 Å². The van der Waals surface area contributed by atoms with Gasteiger partial charge in [0.15, 0.2) is 11.5 Å². The first-order chi connectivity index (χ1) is 12.7. The maximum atomic E-state index is 13.8. The van der Waals surface area contributed by atoms with Crippen LogP contribution in [0.5, 0.6) is 11.5 Å². The van der Waals surface area contributed by atoms with E-state index in [4.69, 9.17) is 14.2 Å². The Hall–Kier alpha value is -2.27. The predicted octanol–water partition coefficient (Wildman–Crippen LogP) is 4.87. The molecule has 4 nitrogen and oxygen atoms in total. The van der Waals surface area contributed by atoms with Crippen molar-refractivity contribution >= 4 is 5.69 Å². The van der Waals surface area contributed by atoms with Crippen LogP contribution in [0.4, 0.5) is 10.1 Å². The second kappa shape index (κ2) is 7.16. The number of anilines is 1. The van der Waals surface area contributed by atoms with Crippen molar-refractivity contribution in [3.05, 3.63) is 53.3 Å². The Kier molecular flexibility index (Phi) is 4.72. The van der Waals surface area contributed by atoms with Crippen molar-refractivity contribution < 1.29 is 18.6 Å². The van der Waals surface area contributed by atoms with Gasteiger partial charge in [-0.1, -0.05) is 12.1 Å². The molecule has 1 fully saturated rings. The van der Waals surface area contributed by atoms with E-state index >= 15 is 0 Å². The minimum absolute atomic E-state index is 0.0219. The summed E-state index contributed by atoms with van der Waals surface area (Å²) in [6, 6.07) is 10.9. The van der Waals surface area contributed by atoms with Crippen molar-refractivity contribution in [3.8, 4) is 11.5 Å². The second-order valence-electron chi connectivity index (χ2n) is 6.76. The molecule has 0 spiro atoms. The summed E-state index contributed by atoms with van der Waals surface area (Å²) < 4.78 is 31.3. The smallest absolute Gasteiger partial charge is 0.165 e. The van der Waals surface area contributed by atoms with Gasteiger partial charge in [0.1, 0.15) is 5.82 Å². The lowest BCUT2D eigenvalue weighted by molar-refractivity contribution is -0.0384. The van der Waals surface area contributed by atoms with Crippen molar-refractivity contribution in [2.24, 2.45) is 5.92 Å². The van der Waals surface area contributed by atoms with E-state index in [-0.39, 0.29) is 23.9 Å². The van der Waals surface area contributed by atoms with Crippen LogP contribution in [-0.2, 0) is 4.74 Å². The van der Waals surface area contributed by atoms with Gasteiger partial charge in [-0.2, -0.15) is 0 Å². The molecule has 138 valence electrons. The summed E-state index contributed by atoms with van der Waals surface area (Å²) >= 11 is 0. The first-order valence-electron chi connectivity index (χ1n) is 9.20. The molecule has 0 aromatic heterocycles. The zero-order chi connectivity index (χ0) is 18.1. The number of hydrogen-bond acceptors (Lipinski definition) is 4. The number of hydrogen-bond donors (Lipinski definition) is 1. The average Bonchev–Trinajstić information content (AvgIpc) is 2.67. The van der Waals surface area contributed by atoms with Gasteiger partial charge in [0, 0.05) is 29.3 Å². The van der Waals surface area contributed by atoms with E-state index in [2.05, 4.69) is 11.4 Å². The van der Waals surface area contributed by atoms with Gasteiger partial charge in [-0.25, -0.2) is 4.39 Å². The van der Waals surface area contributed by atoms with Crippen LogP contribution >= 0.6 is 0 Å². The minimum Gasteiger partial charge on any atom is -0.492 e. The molecule has 0 bridgehead atoms. The highest BCUT2D eigenvalue weighted by Gasteiger charge is 2.41. The third-order valence-corrected chi connectivity index (χ3v) is 5.28. The van der Waals surface area contributed by atoms with E-state index in [9.17, 15) is 4.39 Å². The average molecular weight is 357 g/mol. The Morgan fingerprint density at radius 2 is 2.12 bits per heavy atom. The number of rotatable bonds is 4. The van der Waals surface area contributed by atoms with Crippen LogP contribution < -0.4 is 14.8 Å². The molecular weight excluding hydrogens is 333 g/mol. The molecule has 2 aromatic rings. The number of benzene rings is 2. The van der Waals surface area contributed by atoms with E-state index in [0.29, 0.717) is 13.2 Å². The molecule has 1 saturated heterocycles. The summed E-state index contributed by atoms with van der Waals surface area (Å²) in [7, 11) is 1.67. The molecule has 4 rings (SSSR count). The monoisotopic (exact) mass is 357 g/mol. The van der Waals surface area contributed by atoms with Gasteiger partial charge in [-0.05, 0) is 44.0 Å². The van der Waals surface area contributed by atoms with Gasteiger partial charge < -0.3 is 19.5 Å². The molecule has 2 heterocycles. The number of halogens is 1. The van der Waals surface area contributed by atoms with Crippen LogP contribution in [-0.4, -0.2) is 20.3 Å². The highest BCUT2D eigenvalue weighted by atomic mass is 19.1. The first-order valence-corrected chi connectivity index (χ1v) is 9.20. The van der Waals surface area contributed by atoms with Gasteiger partial charge in [-0.3, -0.25) is 0 Å². The fraction of sp³-hybridized carbons (Fsp3) is 0.429. The van der Waals surface area contributed by atoms with Crippen molar-refractivity contribution in [2.45, 2.75) is 31.9 Å². The maximum absolute atomic E-state index is 13.8. The molecule has 0 aliphatic carbocycles. The zero-order valence-electron chi connectivity index (χ0n) is 15.1. The minimum atomic E-state index is -0.229. The Morgan fingerprint density at radius 3 is 2.92 bits per heavy atom. The zero-order valence-corrected chi connectivity index (χ0v) is 15.1. The molecule has 2 aliphatic rings. The molecule has 1 N–H and O–H groups in total. The lowest BCUT2D eigenvalue weighted by atomic mass is 9.77. The van der Waals surface area contributed by atoms with Gasteiger partial charge in [0.2, 0.25) is 0 Å². The van der Waals surface area contributed by atoms with E-state index < -0.39 is 0 Å². The Labute approximate surface area is 153 Å². The molecule has 0 amide bonds. The normalized spacial score (nSPS) is 24.2. The first kappa shape index (κ1) is 17.2. The Morgan fingerprint density at radius 1 is 1.23 bits per heavy atom. The summed E-state index contributed by atoms with van der Waals surface area (Å²) in [5, 5.41) is 3.60. The van der Waals surface area contributed by atoms with E-state index in [1.807, 2.05) is 19.1 Å². The van der Waals surface area contributed by atoms with Crippen LogP contribution in [0.3, 0.4) is 0 Å². The van der Waals surface area contributed by atoms with Crippen molar-refractivity contribution in [1.82, 2.24) is 0 Å². The van der Waals surface area contributed by atoms with E-state index in [1.54, 1.807) is 19.2 Å². The molecule has 2 aliphatic heterocycles. The number of methoxy groups -OCH3 is 1. The largest absolute Gasteiger partial charge is 0.492 e. The molecule has 26 heavy (non-hydrogen) atoms. The van der Waals surface area contributed by atoms with Crippen LogP contribution in [0.25, 0.3) is 0 Å². The molecule has 5 heteroatoms. The van der Waals surface area contributed by atoms with Crippen molar-refractivity contribution in [1.29, 1.82) is 0 Å². The second-order valence-corrected chi connectivity index (χ2v) is 6.76.